The van der Waals surface area contributed by atoms with Crippen molar-refractivity contribution in [2.24, 2.45) is 5.92 Å². The molecule has 25 heavy (non-hydrogen) atoms. The number of nitrogens with one attached hydrogen (secondary N) is 1. The molecule has 1 aliphatic carbocycles. The molecule has 0 radical (unpaired) electrons. The van der Waals surface area contributed by atoms with Crippen molar-refractivity contribution in [2.75, 3.05) is 13.1 Å². The van der Waals surface area contributed by atoms with E-state index in [9.17, 15) is 19.7 Å². The third-order valence-electron chi connectivity index (χ3n) is 5.21. The van der Waals surface area contributed by atoms with Crippen LogP contribution in [0.3, 0.4) is 0 Å². The van der Waals surface area contributed by atoms with Crippen LogP contribution in [-0.2, 0) is 4.79 Å². The van der Waals surface area contributed by atoms with Gasteiger partial charge < -0.3 is 10.2 Å². The summed E-state index contributed by atoms with van der Waals surface area (Å²) < 4.78 is 0. The van der Waals surface area contributed by atoms with Gasteiger partial charge in [0.2, 0.25) is 5.91 Å². The summed E-state index contributed by atoms with van der Waals surface area (Å²) in [5.74, 6) is -0.118. The smallest absolute Gasteiger partial charge is 0.282 e. The van der Waals surface area contributed by atoms with Gasteiger partial charge in [-0.2, -0.15) is 0 Å². The van der Waals surface area contributed by atoms with Gasteiger partial charge in [0, 0.05) is 31.1 Å². The first kappa shape index (κ1) is 17.4. The second-order valence-corrected chi connectivity index (χ2v) is 6.95. The number of nitro groups is 1. The maximum Gasteiger partial charge on any atom is 0.282 e. The fraction of sp³-hybridized carbons (Fsp3) is 0.556. The molecular weight excluding hydrogens is 322 g/mol. The Morgan fingerprint density at radius 2 is 1.96 bits per heavy atom. The first-order valence-corrected chi connectivity index (χ1v) is 8.81. The number of rotatable bonds is 4. The van der Waals surface area contributed by atoms with Crippen molar-refractivity contribution in [1.29, 1.82) is 0 Å². The summed E-state index contributed by atoms with van der Waals surface area (Å²) in [6, 6.07) is 4.44. The van der Waals surface area contributed by atoms with E-state index in [1.807, 2.05) is 4.90 Å². The highest BCUT2D eigenvalue weighted by molar-refractivity contribution is 5.99. The van der Waals surface area contributed by atoms with Crippen molar-refractivity contribution < 1.29 is 14.5 Å². The van der Waals surface area contributed by atoms with E-state index in [-0.39, 0.29) is 29.1 Å². The van der Waals surface area contributed by atoms with E-state index < -0.39 is 10.8 Å². The zero-order chi connectivity index (χ0) is 18.0. The molecule has 1 aliphatic heterocycles. The summed E-state index contributed by atoms with van der Waals surface area (Å²) in [7, 11) is 0. The third-order valence-corrected chi connectivity index (χ3v) is 5.21. The van der Waals surface area contributed by atoms with Gasteiger partial charge in [0.25, 0.3) is 11.6 Å². The Morgan fingerprint density at radius 1 is 1.24 bits per heavy atom. The van der Waals surface area contributed by atoms with Gasteiger partial charge >= 0.3 is 0 Å². The molecule has 2 amide bonds. The van der Waals surface area contributed by atoms with E-state index in [0.29, 0.717) is 25.1 Å². The molecule has 2 fully saturated rings. The van der Waals surface area contributed by atoms with Crippen LogP contribution < -0.4 is 5.32 Å². The molecule has 1 atom stereocenters. The van der Waals surface area contributed by atoms with Gasteiger partial charge in [-0.3, -0.25) is 19.7 Å². The summed E-state index contributed by atoms with van der Waals surface area (Å²) >= 11 is 0. The second kappa shape index (κ2) is 7.21. The zero-order valence-corrected chi connectivity index (χ0v) is 14.4. The molecular formula is C18H23N3O4. The van der Waals surface area contributed by atoms with E-state index in [1.54, 1.807) is 19.1 Å². The Hall–Kier alpha value is -2.44. The van der Waals surface area contributed by atoms with Crippen LogP contribution in [0.4, 0.5) is 5.69 Å². The lowest BCUT2D eigenvalue weighted by Crippen LogP contribution is -2.40. The number of carbonyl (C=O) groups excluding carboxylic acids is 2. The predicted molar refractivity (Wildman–Crippen MR) is 92.2 cm³/mol. The van der Waals surface area contributed by atoms with Gasteiger partial charge in [-0.05, 0) is 31.7 Å². The molecule has 0 unspecified atom stereocenters. The van der Waals surface area contributed by atoms with Gasteiger partial charge in [-0.1, -0.05) is 25.0 Å². The van der Waals surface area contributed by atoms with E-state index in [0.717, 1.165) is 25.7 Å². The Kier molecular flexibility index (Phi) is 5.01. The molecule has 0 spiro atoms. The standard InChI is InChI=1S/C18H23N3O4/c1-12-5-4-8-15(21(24)25)16(12)17(22)19-14-9-10-20(11-14)18(23)13-6-2-3-7-13/h4-5,8,13-14H,2-3,6-7,9-11H2,1H3,(H,19,22)/t14-/m1/s1. The quantitative estimate of drug-likeness (QED) is 0.670. The van der Waals surface area contributed by atoms with Gasteiger partial charge in [0.05, 0.1) is 4.92 Å². The Bertz CT molecular complexity index is 698. The van der Waals surface area contributed by atoms with Gasteiger partial charge in [-0.25, -0.2) is 0 Å². The minimum absolute atomic E-state index is 0.105. The summed E-state index contributed by atoms with van der Waals surface area (Å²) in [5, 5.41) is 14.0. The number of likely N-dealkylation sites (tertiary alicyclic amines) is 1. The van der Waals surface area contributed by atoms with Crippen LogP contribution in [0.2, 0.25) is 0 Å². The number of aryl methyl sites for hydroxylation is 1. The van der Waals surface area contributed by atoms with Gasteiger partial charge in [-0.15, -0.1) is 0 Å². The normalized spacial score (nSPS) is 20.7. The maximum atomic E-state index is 12.6. The van der Waals surface area contributed by atoms with E-state index in [4.69, 9.17) is 0 Å². The highest BCUT2D eigenvalue weighted by atomic mass is 16.6. The fourth-order valence-electron chi connectivity index (χ4n) is 3.87. The highest BCUT2D eigenvalue weighted by Crippen LogP contribution is 2.28. The average molecular weight is 345 g/mol. The highest BCUT2D eigenvalue weighted by Gasteiger charge is 2.33. The average Bonchev–Trinajstić information content (AvgIpc) is 3.25. The largest absolute Gasteiger partial charge is 0.347 e. The summed E-state index contributed by atoms with van der Waals surface area (Å²) in [5.41, 5.74) is 0.492. The third kappa shape index (κ3) is 3.65. The van der Waals surface area contributed by atoms with E-state index in [1.165, 1.54) is 6.07 Å². The lowest BCUT2D eigenvalue weighted by molar-refractivity contribution is -0.385. The van der Waals surface area contributed by atoms with Crippen LogP contribution in [-0.4, -0.2) is 40.8 Å². The minimum Gasteiger partial charge on any atom is -0.347 e. The van der Waals surface area contributed by atoms with Crippen LogP contribution in [0.1, 0.15) is 48.0 Å². The zero-order valence-electron chi connectivity index (χ0n) is 14.4. The van der Waals surface area contributed by atoms with Crippen LogP contribution in [0.15, 0.2) is 18.2 Å². The molecule has 7 heteroatoms. The first-order chi connectivity index (χ1) is 12.0. The molecule has 1 heterocycles. The Labute approximate surface area is 146 Å². The SMILES string of the molecule is Cc1cccc([N+](=O)[O-])c1C(=O)N[C@@H]1CCN(C(=O)C2CCCC2)C1. The summed E-state index contributed by atoms with van der Waals surface area (Å²) in [6.45, 7) is 2.81. The molecule has 1 aromatic carbocycles. The van der Waals surface area contributed by atoms with Gasteiger partial charge in [0.15, 0.2) is 0 Å². The van der Waals surface area contributed by atoms with Crippen LogP contribution in [0.25, 0.3) is 0 Å². The van der Waals surface area contributed by atoms with Crippen LogP contribution in [0, 0.1) is 23.0 Å². The number of hydrogen-bond donors (Lipinski definition) is 1. The van der Waals surface area contributed by atoms with Crippen LogP contribution >= 0.6 is 0 Å². The van der Waals surface area contributed by atoms with Crippen molar-refractivity contribution in [3.8, 4) is 0 Å². The molecule has 134 valence electrons. The maximum absolute atomic E-state index is 12.6. The topological polar surface area (TPSA) is 92.5 Å². The number of hydrogen-bond acceptors (Lipinski definition) is 4. The molecule has 1 aromatic rings. The van der Waals surface area contributed by atoms with Crippen LogP contribution in [0.5, 0.6) is 0 Å². The monoisotopic (exact) mass is 345 g/mol. The number of carbonyl (C=O) groups is 2. The summed E-state index contributed by atoms with van der Waals surface area (Å²) in [6.07, 6.45) is 4.83. The minimum atomic E-state index is -0.535. The van der Waals surface area contributed by atoms with Crippen molar-refractivity contribution in [3.05, 3.63) is 39.4 Å². The second-order valence-electron chi connectivity index (χ2n) is 6.95. The molecule has 2 aliphatic rings. The van der Waals surface area contributed by atoms with Crippen molar-refractivity contribution in [3.63, 3.8) is 0 Å². The van der Waals surface area contributed by atoms with Gasteiger partial charge in [0.1, 0.15) is 5.56 Å². The lowest BCUT2D eigenvalue weighted by Gasteiger charge is -2.20. The van der Waals surface area contributed by atoms with E-state index >= 15 is 0 Å². The Morgan fingerprint density at radius 3 is 2.64 bits per heavy atom. The number of amides is 2. The number of nitro benzene ring substituents is 1. The molecule has 7 nitrogen and oxygen atoms in total. The molecule has 3 rings (SSSR count). The fourth-order valence-corrected chi connectivity index (χ4v) is 3.87. The van der Waals surface area contributed by atoms with E-state index in [2.05, 4.69) is 5.32 Å². The number of benzene rings is 1. The Balaban J connectivity index is 1.65. The molecule has 1 N–H and O–H groups in total. The molecule has 1 saturated heterocycles. The van der Waals surface area contributed by atoms with Crippen molar-refractivity contribution in [1.82, 2.24) is 10.2 Å². The first-order valence-electron chi connectivity index (χ1n) is 8.81. The molecule has 1 saturated carbocycles. The number of nitrogens with zero attached hydrogens (tertiary/aromatic N) is 2. The molecule has 0 bridgehead atoms. The predicted octanol–water partition coefficient (Wildman–Crippen LogP) is 2.42. The lowest BCUT2D eigenvalue weighted by atomic mass is 10.1. The molecule has 0 aromatic heterocycles. The van der Waals surface area contributed by atoms with Crippen molar-refractivity contribution in [2.45, 2.75) is 45.1 Å². The van der Waals surface area contributed by atoms with Crippen molar-refractivity contribution >= 4 is 17.5 Å². The summed E-state index contributed by atoms with van der Waals surface area (Å²) in [4.78, 5) is 37.5.